The van der Waals surface area contributed by atoms with Gasteiger partial charge in [-0.15, -0.1) is 0 Å². The molecule has 0 N–H and O–H groups in total. The Morgan fingerprint density at radius 1 is 0.842 bits per heavy atom. The minimum atomic E-state index is -0.497. The second kappa shape index (κ2) is 11.0. The van der Waals surface area contributed by atoms with E-state index in [1.54, 1.807) is 26.2 Å². The third kappa shape index (κ3) is 4.86. The average molecular weight is 516 g/mol. The van der Waals surface area contributed by atoms with Crippen molar-refractivity contribution < 1.29 is 23.8 Å². The summed E-state index contributed by atoms with van der Waals surface area (Å²) in [6.07, 6.45) is 0.156. The summed E-state index contributed by atoms with van der Waals surface area (Å²) in [6, 6.07) is 21.0. The largest absolute Gasteiger partial charge is 0.493 e. The van der Waals surface area contributed by atoms with Gasteiger partial charge in [-0.3, -0.25) is 9.59 Å². The molecular weight excluding hydrogens is 482 g/mol. The topological polar surface area (TPSA) is 71.6 Å². The van der Waals surface area contributed by atoms with Gasteiger partial charge in [-0.2, -0.15) is 0 Å². The van der Waals surface area contributed by atoms with Crippen molar-refractivity contribution in [2.45, 2.75) is 19.0 Å². The van der Waals surface area contributed by atoms with Crippen molar-refractivity contribution in [2.75, 3.05) is 52.4 Å². The molecule has 0 spiro atoms. The van der Waals surface area contributed by atoms with Crippen LogP contribution in [0.25, 0.3) is 0 Å². The maximum Gasteiger partial charge on any atom is 0.255 e. The van der Waals surface area contributed by atoms with Gasteiger partial charge >= 0.3 is 0 Å². The van der Waals surface area contributed by atoms with Crippen LogP contribution in [0.2, 0.25) is 0 Å². The highest BCUT2D eigenvalue weighted by Gasteiger charge is 2.36. The Bertz CT molecular complexity index is 1280. The van der Waals surface area contributed by atoms with Crippen molar-refractivity contribution in [3.8, 4) is 17.2 Å². The Kier molecular flexibility index (Phi) is 7.40. The van der Waals surface area contributed by atoms with Gasteiger partial charge in [0.15, 0.2) is 11.5 Å². The van der Waals surface area contributed by atoms with E-state index >= 15 is 0 Å². The standard InChI is InChI=1S/C30H33N3O5/c1-36-26-17-22(18-27(37-2)29(26)38-3)25(33-20-21-9-7-8-12-24(21)30(33)35)19-28(34)32-15-13-31(14-16-32)23-10-5-4-6-11-23/h4-12,17-18,25H,13-16,19-20H2,1-3H3/t25-/m1/s1. The van der Waals surface area contributed by atoms with Gasteiger partial charge in [-0.05, 0) is 41.5 Å². The summed E-state index contributed by atoms with van der Waals surface area (Å²) < 4.78 is 16.7. The van der Waals surface area contributed by atoms with E-state index in [0.29, 0.717) is 42.4 Å². The first-order valence-corrected chi connectivity index (χ1v) is 12.8. The summed E-state index contributed by atoms with van der Waals surface area (Å²) in [5, 5.41) is 0. The van der Waals surface area contributed by atoms with Gasteiger partial charge in [-0.1, -0.05) is 36.4 Å². The van der Waals surface area contributed by atoms with Gasteiger partial charge in [0, 0.05) is 44.0 Å². The molecule has 0 bridgehead atoms. The number of carbonyl (C=O) groups excluding carboxylic acids is 2. The van der Waals surface area contributed by atoms with Crippen LogP contribution in [0.3, 0.4) is 0 Å². The molecule has 0 aromatic heterocycles. The molecule has 198 valence electrons. The SMILES string of the molecule is COc1cc([C@@H](CC(=O)N2CCN(c3ccccc3)CC2)N2Cc3ccccc3C2=O)cc(OC)c1OC. The number of para-hydroxylation sites is 1. The second-order valence-corrected chi connectivity index (χ2v) is 9.47. The lowest BCUT2D eigenvalue weighted by molar-refractivity contribution is -0.132. The average Bonchev–Trinajstić information content (AvgIpc) is 3.31. The van der Waals surface area contributed by atoms with Gasteiger partial charge in [0.1, 0.15) is 0 Å². The Labute approximate surface area is 223 Å². The summed E-state index contributed by atoms with van der Waals surface area (Å²) >= 11 is 0. The molecule has 2 heterocycles. The number of rotatable bonds is 8. The van der Waals surface area contributed by atoms with Gasteiger partial charge < -0.3 is 28.9 Å². The monoisotopic (exact) mass is 515 g/mol. The molecule has 2 aliphatic heterocycles. The van der Waals surface area contributed by atoms with Crippen LogP contribution in [0.4, 0.5) is 5.69 Å². The molecule has 3 aromatic carbocycles. The third-order valence-corrected chi connectivity index (χ3v) is 7.42. The number of carbonyl (C=O) groups is 2. The zero-order valence-corrected chi connectivity index (χ0v) is 22.1. The number of nitrogens with zero attached hydrogens (tertiary/aromatic N) is 3. The van der Waals surface area contributed by atoms with E-state index in [9.17, 15) is 9.59 Å². The Balaban J connectivity index is 1.42. The van der Waals surface area contributed by atoms with Crippen LogP contribution in [0.15, 0.2) is 66.7 Å². The van der Waals surface area contributed by atoms with Crippen molar-refractivity contribution in [1.82, 2.24) is 9.80 Å². The number of benzene rings is 3. The van der Waals surface area contributed by atoms with Gasteiger partial charge in [0.25, 0.3) is 5.91 Å². The highest BCUT2D eigenvalue weighted by molar-refractivity contribution is 5.99. The van der Waals surface area contributed by atoms with Crippen molar-refractivity contribution in [2.24, 2.45) is 0 Å². The summed E-state index contributed by atoms with van der Waals surface area (Å²) in [4.78, 5) is 33.2. The van der Waals surface area contributed by atoms with Gasteiger partial charge in [0.05, 0.1) is 33.8 Å². The van der Waals surface area contributed by atoms with Crippen LogP contribution < -0.4 is 19.1 Å². The summed E-state index contributed by atoms with van der Waals surface area (Å²) in [7, 11) is 4.67. The molecule has 38 heavy (non-hydrogen) atoms. The molecule has 8 heteroatoms. The Hall–Kier alpha value is -4.20. The number of piperazine rings is 1. The zero-order valence-electron chi connectivity index (χ0n) is 22.1. The predicted octanol–water partition coefficient (Wildman–Crippen LogP) is 4.15. The summed E-state index contributed by atoms with van der Waals surface area (Å²) in [6.45, 7) is 3.22. The number of fused-ring (bicyclic) bond motifs is 1. The minimum Gasteiger partial charge on any atom is -0.493 e. The predicted molar refractivity (Wildman–Crippen MR) is 145 cm³/mol. The Morgan fingerprint density at radius 2 is 1.47 bits per heavy atom. The smallest absolute Gasteiger partial charge is 0.255 e. The molecule has 1 fully saturated rings. The maximum atomic E-state index is 13.7. The quantitative estimate of drug-likeness (QED) is 0.449. The molecule has 0 unspecified atom stereocenters. The number of methoxy groups -OCH3 is 3. The molecular formula is C30H33N3O5. The fourth-order valence-electron chi connectivity index (χ4n) is 5.38. The highest BCUT2D eigenvalue weighted by atomic mass is 16.5. The number of hydrogen-bond donors (Lipinski definition) is 0. The fourth-order valence-corrected chi connectivity index (χ4v) is 5.38. The van der Waals surface area contributed by atoms with Crippen molar-refractivity contribution in [3.63, 3.8) is 0 Å². The van der Waals surface area contributed by atoms with E-state index in [1.807, 2.05) is 59.5 Å². The molecule has 0 radical (unpaired) electrons. The molecule has 5 rings (SSSR count). The molecule has 2 aliphatic rings. The van der Waals surface area contributed by atoms with Crippen LogP contribution in [0.1, 0.15) is 33.9 Å². The van der Waals surface area contributed by atoms with E-state index < -0.39 is 6.04 Å². The van der Waals surface area contributed by atoms with E-state index in [0.717, 1.165) is 29.9 Å². The second-order valence-electron chi connectivity index (χ2n) is 9.47. The normalized spacial score (nSPS) is 15.8. The molecule has 1 atom stereocenters. The van der Waals surface area contributed by atoms with Crippen molar-refractivity contribution >= 4 is 17.5 Å². The molecule has 0 saturated carbocycles. The van der Waals surface area contributed by atoms with Crippen LogP contribution in [0.5, 0.6) is 17.2 Å². The first kappa shape index (κ1) is 25.4. The van der Waals surface area contributed by atoms with E-state index in [-0.39, 0.29) is 18.2 Å². The maximum absolute atomic E-state index is 13.7. The number of ether oxygens (including phenoxy) is 3. The fraction of sp³-hybridized carbons (Fsp3) is 0.333. The van der Waals surface area contributed by atoms with E-state index in [2.05, 4.69) is 17.0 Å². The lowest BCUT2D eigenvalue weighted by atomic mass is 9.99. The number of hydrogen-bond acceptors (Lipinski definition) is 6. The first-order chi connectivity index (χ1) is 18.5. The van der Waals surface area contributed by atoms with Crippen LogP contribution in [-0.2, 0) is 11.3 Å². The molecule has 2 amide bonds. The minimum absolute atomic E-state index is 0.0141. The molecule has 8 nitrogen and oxygen atoms in total. The number of amides is 2. The van der Waals surface area contributed by atoms with Gasteiger partial charge in [-0.25, -0.2) is 0 Å². The summed E-state index contributed by atoms with van der Waals surface area (Å²) in [5.74, 6) is 1.37. The Morgan fingerprint density at radius 3 is 2.08 bits per heavy atom. The molecule has 3 aromatic rings. The zero-order chi connectivity index (χ0) is 26.6. The number of anilines is 1. The van der Waals surface area contributed by atoms with Crippen LogP contribution in [0, 0.1) is 0 Å². The van der Waals surface area contributed by atoms with Crippen molar-refractivity contribution in [3.05, 3.63) is 83.4 Å². The van der Waals surface area contributed by atoms with E-state index in [4.69, 9.17) is 14.2 Å². The van der Waals surface area contributed by atoms with Crippen molar-refractivity contribution in [1.29, 1.82) is 0 Å². The third-order valence-electron chi connectivity index (χ3n) is 7.42. The first-order valence-electron chi connectivity index (χ1n) is 12.8. The summed E-state index contributed by atoms with van der Waals surface area (Å²) in [5.41, 5.74) is 3.56. The highest BCUT2D eigenvalue weighted by Crippen LogP contribution is 2.43. The van der Waals surface area contributed by atoms with E-state index in [1.165, 1.54) is 0 Å². The lowest BCUT2D eigenvalue weighted by Crippen LogP contribution is -2.49. The van der Waals surface area contributed by atoms with Gasteiger partial charge in [0.2, 0.25) is 11.7 Å². The molecule has 0 aliphatic carbocycles. The van der Waals surface area contributed by atoms with Crippen LogP contribution >= 0.6 is 0 Å². The lowest BCUT2D eigenvalue weighted by Gasteiger charge is -2.37. The molecule has 1 saturated heterocycles. The van der Waals surface area contributed by atoms with Crippen LogP contribution in [-0.4, -0.2) is 69.1 Å².